The van der Waals surface area contributed by atoms with Gasteiger partial charge < -0.3 is 0 Å². The standard InChI is InChI=1S/C29H21N2S/c1-32-30-26-14-12-22(20-8-4-2-5-9-20)16-24(26)18-28(30)29-19-25-17-23(13-15-27(25)31(29)32)21-10-6-3-7-11-21/h2-19H,1H3/q+1. The normalized spacial score (nSPS) is 11.9. The number of aromatic nitrogens is 2. The van der Waals surface area contributed by atoms with Crippen LogP contribution in [0.2, 0.25) is 0 Å². The predicted molar refractivity (Wildman–Crippen MR) is 138 cm³/mol. The molecule has 0 fully saturated rings. The molecule has 0 saturated carbocycles. The molecule has 0 spiro atoms. The maximum absolute atomic E-state index is 2.50. The summed E-state index contributed by atoms with van der Waals surface area (Å²) in [7, 11) is -0.0785. The number of benzene rings is 4. The van der Waals surface area contributed by atoms with E-state index in [2.05, 4.69) is 123 Å². The molecule has 4 aromatic carbocycles. The van der Waals surface area contributed by atoms with Crippen LogP contribution in [0.25, 0.3) is 55.1 Å². The van der Waals surface area contributed by atoms with E-state index in [1.165, 1.54) is 55.1 Å². The molecular formula is C29H21N2S+. The fourth-order valence-corrected chi connectivity index (χ4v) is 6.94. The van der Waals surface area contributed by atoms with Crippen molar-refractivity contribution >= 4 is 43.7 Å². The van der Waals surface area contributed by atoms with Gasteiger partial charge in [0.25, 0.3) is 0 Å². The van der Waals surface area contributed by atoms with Crippen LogP contribution in [0, 0.1) is 0 Å². The Balaban J connectivity index is 1.47. The minimum absolute atomic E-state index is 0.0785. The number of aryl methyl sites for hydroxylation is 1. The first kappa shape index (κ1) is 17.8. The molecule has 0 bridgehead atoms. The van der Waals surface area contributed by atoms with Gasteiger partial charge in [0.2, 0.25) is 0 Å². The van der Waals surface area contributed by atoms with Crippen molar-refractivity contribution in [1.82, 2.24) is 7.58 Å². The van der Waals surface area contributed by atoms with Crippen molar-refractivity contribution in [1.29, 1.82) is 0 Å². The maximum Gasteiger partial charge on any atom is 0.162 e. The Morgan fingerprint density at radius 3 is 1.31 bits per heavy atom. The number of rotatable bonds is 2. The van der Waals surface area contributed by atoms with Gasteiger partial charge in [-0.2, -0.15) is 0 Å². The van der Waals surface area contributed by atoms with E-state index < -0.39 is 0 Å². The number of hydrogen-bond acceptors (Lipinski definition) is 0. The smallest absolute Gasteiger partial charge is 0.125 e. The van der Waals surface area contributed by atoms with Crippen LogP contribution in [-0.4, -0.2) is 7.58 Å². The average Bonchev–Trinajstić information content (AvgIpc) is 3.49. The van der Waals surface area contributed by atoms with Crippen LogP contribution in [0.5, 0.6) is 0 Å². The first-order valence-electron chi connectivity index (χ1n) is 10.9. The maximum atomic E-state index is 2.50. The van der Waals surface area contributed by atoms with E-state index in [0.29, 0.717) is 0 Å². The van der Waals surface area contributed by atoms with E-state index in [1.807, 2.05) is 0 Å². The van der Waals surface area contributed by atoms with Gasteiger partial charge in [-0.3, -0.25) is 0 Å². The number of fused-ring (bicyclic) bond motifs is 7. The van der Waals surface area contributed by atoms with Gasteiger partial charge in [-0.05, 0) is 58.7 Å². The Hall–Kier alpha value is -3.82. The summed E-state index contributed by atoms with van der Waals surface area (Å²) in [6.07, 6.45) is 2.33. The zero-order valence-corrected chi connectivity index (χ0v) is 18.5. The second kappa shape index (κ2) is 6.59. The van der Waals surface area contributed by atoms with Gasteiger partial charge >= 0.3 is 0 Å². The van der Waals surface area contributed by atoms with Crippen molar-refractivity contribution in [2.24, 2.45) is 6.26 Å². The Morgan fingerprint density at radius 2 is 0.875 bits per heavy atom. The van der Waals surface area contributed by atoms with Gasteiger partial charge in [-0.1, -0.05) is 72.8 Å². The molecule has 0 N–H and O–H groups in total. The first-order chi connectivity index (χ1) is 15.8. The average molecular weight is 430 g/mol. The minimum Gasteiger partial charge on any atom is -0.125 e. The van der Waals surface area contributed by atoms with Crippen molar-refractivity contribution in [2.45, 2.75) is 0 Å². The second-order valence-electron chi connectivity index (χ2n) is 8.37. The molecule has 0 saturated heterocycles. The summed E-state index contributed by atoms with van der Waals surface area (Å²) in [5.74, 6) is 0. The van der Waals surface area contributed by atoms with Crippen LogP contribution in [0.15, 0.2) is 109 Å². The van der Waals surface area contributed by atoms with Gasteiger partial charge in [-0.25, -0.2) is 0 Å². The summed E-state index contributed by atoms with van der Waals surface area (Å²) in [6.45, 7) is 0. The molecule has 0 amide bonds. The van der Waals surface area contributed by atoms with Gasteiger partial charge in [0.15, 0.2) is 17.1 Å². The van der Waals surface area contributed by atoms with Crippen molar-refractivity contribution < 1.29 is 0 Å². The zero-order valence-electron chi connectivity index (χ0n) is 17.7. The van der Waals surface area contributed by atoms with Crippen LogP contribution >= 0.6 is 10.9 Å². The fourth-order valence-electron chi connectivity index (χ4n) is 5.01. The van der Waals surface area contributed by atoms with Crippen LogP contribution in [0.1, 0.15) is 0 Å². The SMILES string of the molecule is C[s+]1n2c3ccc(-c4ccccc4)cc3cc2c2cc3cc(-c4ccccc4)ccc3n21. The molecule has 152 valence electrons. The lowest BCUT2D eigenvalue weighted by molar-refractivity contribution is 1.41. The van der Waals surface area contributed by atoms with Crippen molar-refractivity contribution in [3.63, 3.8) is 0 Å². The third-order valence-corrected chi connectivity index (χ3v) is 8.36. The van der Waals surface area contributed by atoms with Crippen molar-refractivity contribution in [2.75, 3.05) is 0 Å². The Morgan fingerprint density at radius 1 is 0.438 bits per heavy atom. The summed E-state index contributed by atoms with van der Waals surface area (Å²) in [4.78, 5) is 0. The molecule has 0 atom stereocenters. The topological polar surface area (TPSA) is 8.82 Å². The number of nitrogens with zero attached hydrogens (tertiary/aromatic N) is 2. The largest absolute Gasteiger partial charge is 0.162 e. The van der Waals surface area contributed by atoms with Gasteiger partial charge in [0, 0.05) is 10.8 Å². The minimum atomic E-state index is -0.0785. The van der Waals surface area contributed by atoms with E-state index in [1.54, 1.807) is 0 Å². The highest BCUT2D eigenvalue weighted by molar-refractivity contribution is 7.21. The lowest BCUT2D eigenvalue weighted by Crippen LogP contribution is -1.84. The molecule has 2 nitrogen and oxygen atoms in total. The van der Waals surface area contributed by atoms with Crippen LogP contribution in [-0.2, 0) is 6.26 Å². The van der Waals surface area contributed by atoms with E-state index in [0.717, 1.165) is 0 Å². The van der Waals surface area contributed by atoms with Gasteiger partial charge in [0.1, 0.15) is 22.1 Å². The van der Waals surface area contributed by atoms with Crippen LogP contribution < -0.4 is 0 Å². The molecule has 0 aliphatic heterocycles. The first-order valence-corrected chi connectivity index (χ1v) is 12.4. The molecule has 3 aromatic heterocycles. The molecule has 32 heavy (non-hydrogen) atoms. The molecule has 0 aliphatic carbocycles. The highest BCUT2D eigenvalue weighted by Crippen LogP contribution is 2.38. The predicted octanol–water partition coefficient (Wildman–Crippen LogP) is 8.12. The molecular weight excluding hydrogens is 408 g/mol. The van der Waals surface area contributed by atoms with E-state index in [4.69, 9.17) is 0 Å². The Kier molecular flexibility index (Phi) is 3.67. The highest BCUT2D eigenvalue weighted by Gasteiger charge is 2.23. The summed E-state index contributed by atoms with van der Waals surface area (Å²) in [5.41, 5.74) is 10.3. The molecule has 0 radical (unpaired) electrons. The van der Waals surface area contributed by atoms with Gasteiger partial charge in [-0.15, -0.1) is 7.58 Å². The lowest BCUT2D eigenvalue weighted by Gasteiger charge is -2.02. The van der Waals surface area contributed by atoms with Crippen molar-refractivity contribution in [3.05, 3.63) is 109 Å². The molecule has 3 heterocycles. The Bertz CT molecular complexity index is 1640. The molecule has 3 heteroatoms. The Labute approximate surface area is 188 Å². The molecule has 7 aromatic rings. The summed E-state index contributed by atoms with van der Waals surface area (Å²) in [6, 6.07) is 39.7. The monoisotopic (exact) mass is 429 g/mol. The lowest BCUT2D eigenvalue weighted by atomic mass is 10.0. The molecule has 7 rings (SSSR count). The van der Waals surface area contributed by atoms with Crippen molar-refractivity contribution in [3.8, 4) is 22.3 Å². The van der Waals surface area contributed by atoms with E-state index in [9.17, 15) is 0 Å². The quantitative estimate of drug-likeness (QED) is 0.245. The number of hydrogen-bond donors (Lipinski definition) is 0. The summed E-state index contributed by atoms with van der Waals surface area (Å²) < 4.78 is 5.01. The second-order valence-corrected chi connectivity index (χ2v) is 10.00. The zero-order chi connectivity index (χ0) is 21.2. The molecule has 0 aliphatic rings. The van der Waals surface area contributed by atoms with E-state index in [-0.39, 0.29) is 10.9 Å². The van der Waals surface area contributed by atoms with Crippen LogP contribution in [0.4, 0.5) is 0 Å². The van der Waals surface area contributed by atoms with Crippen LogP contribution in [0.3, 0.4) is 0 Å². The summed E-state index contributed by atoms with van der Waals surface area (Å²) in [5, 5.41) is 2.62. The third-order valence-electron chi connectivity index (χ3n) is 6.52. The summed E-state index contributed by atoms with van der Waals surface area (Å²) >= 11 is 0. The fraction of sp³-hybridized carbons (Fsp3) is 0.0345. The highest BCUT2D eigenvalue weighted by atomic mass is 32.2. The third kappa shape index (κ3) is 2.46. The van der Waals surface area contributed by atoms with E-state index >= 15 is 0 Å². The molecule has 0 unspecified atom stereocenters. The van der Waals surface area contributed by atoms with Gasteiger partial charge in [0.05, 0.1) is 0 Å².